The minimum Gasteiger partial charge on any atom is -0.481 e. The number of carboxylic acid groups (broad SMARTS) is 1. The normalized spacial score (nSPS) is 39.6. The van der Waals surface area contributed by atoms with Gasteiger partial charge in [0.25, 0.3) is 0 Å². The number of ether oxygens (including phenoxy) is 1. The summed E-state index contributed by atoms with van der Waals surface area (Å²) in [4.78, 5) is 11.2. The number of fused-ring (bicyclic) bond motifs is 2. The zero-order valence-electron chi connectivity index (χ0n) is 10.7. The molecule has 108 valence electrons. The van der Waals surface area contributed by atoms with Crippen LogP contribution in [0.1, 0.15) is 32.1 Å². The Kier molecular flexibility index (Phi) is 3.31. The number of rotatable bonds is 3. The van der Waals surface area contributed by atoms with Crippen molar-refractivity contribution in [2.45, 2.75) is 49.6 Å². The summed E-state index contributed by atoms with van der Waals surface area (Å²) in [5.41, 5.74) is 0. The van der Waals surface area contributed by atoms with Crippen LogP contribution in [0.25, 0.3) is 0 Å². The molecule has 3 fully saturated rings. The van der Waals surface area contributed by atoms with E-state index < -0.39 is 27.2 Å². The van der Waals surface area contributed by atoms with Gasteiger partial charge in [-0.25, -0.2) is 8.42 Å². The van der Waals surface area contributed by atoms with Crippen molar-refractivity contribution in [1.82, 2.24) is 4.31 Å². The maximum atomic E-state index is 12.6. The first-order chi connectivity index (χ1) is 8.98. The number of nitrogens with zero attached hydrogens (tertiary/aromatic N) is 1. The van der Waals surface area contributed by atoms with Crippen LogP contribution < -0.4 is 0 Å². The van der Waals surface area contributed by atoms with Crippen molar-refractivity contribution >= 4 is 16.0 Å². The molecule has 2 saturated heterocycles. The van der Waals surface area contributed by atoms with E-state index in [1.807, 2.05) is 0 Å². The lowest BCUT2D eigenvalue weighted by Crippen LogP contribution is -2.50. The van der Waals surface area contributed by atoms with Crippen LogP contribution in [0.4, 0.5) is 0 Å². The number of carboxylic acids is 1. The predicted molar refractivity (Wildman–Crippen MR) is 67.2 cm³/mol. The van der Waals surface area contributed by atoms with Gasteiger partial charge in [0, 0.05) is 13.1 Å². The van der Waals surface area contributed by atoms with Gasteiger partial charge in [0.15, 0.2) is 0 Å². The second-order valence-corrected chi connectivity index (χ2v) is 7.89. The summed E-state index contributed by atoms with van der Waals surface area (Å²) < 4.78 is 32.4. The lowest BCUT2D eigenvalue weighted by molar-refractivity contribution is -0.141. The molecule has 6 nitrogen and oxygen atoms in total. The third kappa shape index (κ3) is 2.28. The quantitative estimate of drug-likeness (QED) is 0.814. The van der Waals surface area contributed by atoms with Crippen molar-refractivity contribution in [2.75, 3.05) is 13.1 Å². The largest absolute Gasteiger partial charge is 0.481 e. The SMILES string of the molecule is O=C(O)C1CCCC1S(=O)(=O)N1CC2CCC(C1)O2. The molecule has 0 spiro atoms. The van der Waals surface area contributed by atoms with Gasteiger partial charge in [-0.2, -0.15) is 4.31 Å². The molecule has 0 aromatic heterocycles. The highest BCUT2D eigenvalue weighted by molar-refractivity contribution is 7.89. The monoisotopic (exact) mass is 289 g/mol. The standard InChI is InChI=1S/C12H19NO5S/c14-12(15)10-2-1-3-11(10)19(16,17)13-6-8-4-5-9(7-13)18-8/h8-11H,1-7H2,(H,14,15). The summed E-state index contributed by atoms with van der Waals surface area (Å²) in [7, 11) is -3.51. The molecular formula is C12H19NO5S. The van der Waals surface area contributed by atoms with E-state index in [1.54, 1.807) is 0 Å². The fraction of sp³-hybridized carbons (Fsp3) is 0.917. The van der Waals surface area contributed by atoms with E-state index in [2.05, 4.69) is 0 Å². The Labute approximate surface area is 112 Å². The molecule has 3 rings (SSSR count). The number of hydrogen-bond acceptors (Lipinski definition) is 4. The summed E-state index contributed by atoms with van der Waals surface area (Å²) >= 11 is 0. The van der Waals surface area contributed by atoms with Crippen LogP contribution in [0.3, 0.4) is 0 Å². The van der Waals surface area contributed by atoms with Crippen molar-refractivity contribution in [1.29, 1.82) is 0 Å². The van der Waals surface area contributed by atoms with Crippen molar-refractivity contribution in [3.05, 3.63) is 0 Å². The van der Waals surface area contributed by atoms with Crippen LogP contribution in [0.2, 0.25) is 0 Å². The van der Waals surface area contributed by atoms with Gasteiger partial charge < -0.3 is 9.84 Å². The van der Waals surface area contributed by atoms with Gasteiger partial charge in [-0.05, 0) is 25.7 Å². The van der Waals surface area contributed by atoms with Gasteiger partial charge in [-0.15, -0.1) is 0 Å². The second-order valence-electron chi connectivity index (χ2n) is 5.73. The molecule has 2 bridgehead atoms. The van der Waals surface area contributed by atoms with E-state index in [1.165, 1.54) is 4.31 Å². The summed E-state index contributed by atoms with van der Waals surface area (Å²) in [5.74, 6) is -1.73. The number of hydrogen-bond donors (Lipinski definition) is 1. The first kappa shape index (κ1) is 13.3. The van der Waals surface area contributed by atoms with Gasteiger partial charge in [0.1, 0.15) is 0 Å². The van der Waals surface area contributed by atoms with Gasteiger partial charge >= 0.3 is 5.97 Å². The lowest BCUT2D eigenvalue weighted by atomic mass is 10.1. The molecule has 19 heavy (non-hydrogen) atoms. The van der Waals surface area contributed by atoms with E-state index >= 15 is 0 Å². The highest BCUT2D eigenvalue weighted by Gasteiger charge is 2.47. The van der Waals surface area contributed by atoms with E-state index in [-0.39, 0.29) is 12.2 Å². The second kappa shape index (κ2) is 4.71. The molecule has 1 saturated carbocycles. The van der Waals surface area contributed by atoms with Crippen LogP contribution in [-0.4, -0.2) is 54.3 Å². The summed E-state index contributed by atoms with van der Waals surface area (Å²) in [5, 5.41) is 8.41. The Morgan fingerprint density at radius 3 is 2.32 bits per heavy atom. The van der Waals surface area contributed by atoms with Crippen LogP contribution >= 0.6 is 0 Å². The summed E-state index contributed by atoms with van der Waals surface area (Å²) in [6, 6.07) is 0. The zero-order valence-corrected chi connectivity index (χ0v) is 11.5. The molecule has 1 aliphatic carbocycles. The minimum absolute atomic E-state index is 0.00166. The number of carbonyl (C=O) groups is 1. The maximum Gasteiger partial charge on any atom is 0.307 e. The third-order valence-corrected chi connectivity index (χ3v) is 6.87. The number of sulfonamides is 1. The van der Waals surface area contributed by atoms with Gasteiger partial charge in [-0.1, -0.05) is 6.42 Å². The van der Waals surface area contributed by atoms with Crippen LogP contribution in [0.5, 0.6) is 0 Å². The smallest absolute Gasteiger partial charge is 0.307 e. The molecule has 7 heteroatoms. The van der Waals surface area contributed by atoms with E-state index in [4.69, 9.17) is 9.84 Å². The van der Waals surface area contributed by atoms with Gasteiger partial charge in [-0.3, -0.25) is 4.79 Å². The Bertz CT molecular complexity index is 465. The fourth-order valence-electron chi connectivity index (χ4n) is 3.54. The van der Waals surface area contributed by atoms with Crippen LogP contribution in [0, 0.1) is 5.92 Å². The summed E-state index contributed by atoms with van der Waals surface area (Å²) in [6.45, 7) is 0.781. The molecule has 2 heterocycles. The van der Waals surface area contributed by atoms with Crippen molar-refractivity contribution in [3.63, 3.8) is 0 Å². The van der Waals surface area contributed by atoms with E-state index in [9.17, 15) is 13.2 Å². The topological polar surface area (TPSA) is 83.9 Å². The van der Waals surface area contributed by atoms with Crippen molar-refractivity contribution < 1.29 is 23.1 Å². The highest BCUT2D eigenvalue weighted by atomic mass is 32.2. The average Bonchev–Trinajstić information content (AvgIpc) is 2.96. The minimum atomic E-state index is -3.51. The molecule has 1 N–H and O–H groups in total. The molecule has 0 radical (unpaired) electrons. The van der Waals surface area contributed by atoms with E-state index in [0.717, 1.165) is 12.8 Å². The Hall–Kier alpha value is -0.660. The fourth-order valence-corrected chi connectivity index (χ4v) is 5.81. The molecule has 0 aromatic rings. The van der Waals surface area contributed by atoms with Gasteiger partial charge in [0.05, 0.1) is 23.4 Å². The molecule has 3 aliphatic rings. The lowest BCUT2D eigenvalue weighted by Gasteiger charge is -2.33. The van der Waals surface area contributed by atoms with Crippen LogP contribution in [0.15, 0.2) is 0 Å². The number of aliphatic carboxylic acids is 1. The molecule has 0 aromatic carbocycles. The highest BCUT2D eigenvalue weighted by Crippen LogP contribution is 2.36. The zero-order chi connectivity index (χ0) is 13.6. The Balaban J connectivity index is 1.80. The first-order valence-corrected chi connectivity index (χ1v) is 8.36. The Morgan fingerprint density at radius 2 is 1.74 bits per heavy atom. The number of morpholine rings is 1. The molecular weight excluding hydrogens is 270 g/mol. The first-order valence-electron chi connectivity index (χ1n) is 6.85. The van der Waals surface area contributed by atoms with E-state index in [0.29, 0.717) is 32.4 Å². The molecule has 2 aliphatic heterocycles. The van der Waals surface area contributed by atoms with Crippen molar-refractivity contribution in [2.24, 2.45) is 5.92 Å². The average molecular weight is 289 g/mol. The predicted octanol–water partition coefficient (Wildman–Crippen LogP) is 0.433. The molecule has 0 amide bonds. The van der Waals surface area contributed by atoms with Crippen LogP contribution in [-0.2, 0) is 19.6 Å². The van der Waals surface area contributed by atoms with Gasteiger partial charge in [0.2, 0.25) is 10.0 Å². The van der Waals surface area contributed by atoms with Crippen molar-refractivity contribution in [3.8, 4) is 0 Å². The molecule has 4 atom stereocenters. The third-order valence-electron chi connectivity index (χ3n) is 4.52. The Morgan fingerprint density at radius 1 is 1.11 bits per heavy atom. The maximum absolute atomic E-state index is 12.6. The summed E-state index contributed by atoms with van der Waals surface area (Å²) in [6.07, 6.45) is 3.42. The molecule has 4 unspecified atom stereocenters.